The third kappa shape index (κ3) is 7.53. The van der Waals surface area contributed by atoms with Gasteiger partial charge in [0, 0.05) is 38.8 Å². The summed E-state index contributed by atoms with van der Waals surface area (Å²) in [7, 11) is 2.03. The maximum absolute atomic E-state index is 12.0. The number of guanidine groups is 1. The van der Waals surface area contributed by atoms with E-state index in [0.717, 1.165) is 31.0 Å². The number of halogens is 1. The number of nitrogens with one attached hydrogen (secondary N) is 2. The van der Waals surface area contributed by atoms with Crippen molar-refractivity contribution < 1.29 is 9.21 Å². The van der Waals surface area contributed by atoms with Crippen molar-refractivity contribution in [2.24, 2.45) is 4.99 Å². The molecule has 0 radical (unpaired) electrons. The van der Waals surface area contributed by atoms with E-state index in [1.165, 1.54) is 17.4 Å². The molecule has 1 heterocycles. The molecule has 0 aliphatic rings. The molecule has 0 aliphatic carbocycles. The minimum Gasteiger partial charge on any atom is -0.459 e. The Morgan fingerprint density at radius 2 is 1.86 bits per heavy atom. The molecule has 1 amide bonds. The second-order valence-electron chi connectivity index (χ2n) is 6.62. The summed E-state index contributed by atoms with van der Waals surface area (Å²) in [5, 5.41) is 6.19. The van der Waals surface area contributed by atoms with E-state index in [2.05, 4.69) is 58.6 Å². The van der Waals surface area contributed by atoms with Crippen LogP contribution in [-0.2, 0) is 6.54 Å². The van der Waals surface area contributed by atoms with Crippen LogP contribution < -0.4 is 10.6 Å². The molecule has 0 unspecified atom stereocenters. The van der Waals surface area contributed by atoms with Crippen LogP contribution in [0.5, 0.6) is 0 Å². The van der Waals surface area contributed by atoms with Gasteiger partial charge in [-0.25, -0.2) is 0 Å². The summed E-state index contributed by atoms with van der Waals surface area (Å²) in [5.41, 5.74) is 3.35. The number of benzene rings is 1. The van der Waals surface area contributed by atoms with Crippen molar-refractivity contribution in [3.8, 4) is 0 Å². The predicted octanol–water partition coefficient (Wildman–Crippen LogP) is 3.73. The zero-order valence-corrected chi connectivity index (χ0v) is 19.4. The molecule has 6 nitrogen and oxygen atoms in total. The summed E-state index contributed by atoms with van der Waals surface area (Å²) in [6.07, 6.45) is 2.29. The highest BCUT2D eigenvalue weighted by atomic mass is 127. The average molecular weight is 498 g/mol. The third-order valence-corrected chi connectivity index (χ3v) is 4.19. The van der Waals surface area contributed by atoms with Crippen molar-refractivity contribution in [3.05, 3.63) is 59.0 Å². The number of aryl methyl sites for hydroxylation is 2. The summed E-state index contributed by atoms with van der Waals surface area (Å²) in [4.78, 5) is 18.8. The van der Waals surface area contributed by atoms with Crippen LogP contribution in [-0.4, -0.2) is 43.4 Å². The molecular formula is C21H31IN4O2. The summed E-state index contributed by atoms with van der Waals surface area (Å²) < 4.78 is 5.19. The molecular weight excluding hydrogens is 467 g/mol. The Hall–Kier alpha value is -2.03. The Morgan fingerprint density at radius 1 is 1.14 bits per heavy atom. The summed E-state index contributed by atoms with van der Waals surface area (Å²) in [6.45, 7) is 8.80. The maximum Gasteiger partial charge on any atom is 0.287 e. The minimum absolute atomic E-state index is 0. The molecule has 7 heteroatoms. The van der Waals surface area contributed by atoms with Crippen LogP contribution >= 0.6 is 24.0 Å². The predicted molar refractivity (Wildman–Crippen MR) is 124 cm³/mol. The van der Waals surface area contributed by atoms with Crippen LogP contribution in [0.15, 0.2) is 46.0 Å². The second-order valence-corrected chi connectivity index (χ2v) is 6.62. The van der Waals surface area contributed by atoms with Gasteiger partial charge in [-0.2, -0.15) is 0 Å². The van der Waals surface area contributed by atoms with Crippen molar-refractivity contribution in [1.82, 2.24) is 15.5 Å². The fourth-order valence-corrected chi connectivity index (χ4v) is 2.66. The van der Waals surface area contributed by atoms with E-state index in [4.69, 9.17) is 4.42 Å². The normalized spacial score (nSPS) is 10.9. The van der Waals surface area contributed by atoms with Crippen molar-refractivity contribution in [2.75, 3.05) is 26.7 Å². The monoisotopic (exact) mass is 498 g/mol. The molecule has 2 N–H and O–H groups in total. The first-order valence-electron chi connectivity index (χ1n) is 9.38. The number of amides is 1. The fraction of sp³-hybridized carbons (Fsp3) is 0.429. The lowest BCUT2D eigenvalue weighted by Gasteiger charge is -2.22. The van der Waals surface area contributed by atoms with E-state index in [9.17, 15) is 4.79 Å². The highest BCUT2D eigenvalue weighted by Gasteiger charge is 2.11. The Kier molecular flexibility index (Phi) is 10.7. The Balaban J connectivity index is 0.00000392. The van der Waals surface area contributed by atoms with Gasteiger partial charge in [0.1, 0.15) is 0 Å². The van der Waals surface area contributed by atoms with Gasteiger partial charge < -0.3 is 20.0 Å². The molecule has 0 atom stereocenters. The molecule has 0 saturated heterocycles. The molecule has 0 spiro atoms. The van der Waals surface area contributed by atoms with E-state index < -0.39 is 0 Å². The number of aliphatic imine (C=N–C) groups is 1. The lowest BCUT2D eigenvalue weighted by Crippen LogP contribution is -2.38. The van der Waals surface area contributed by atoms with Gasteiger partial charge in [-0.15, -0.1) is 24.0 Å². The van der Waals surface area contributed by atoms with Gasteiger partial charge in [-0.3, -0.25) is 9.79 Å². The topological polar surface area (TPSA) is 69.9 Å². The van der Waals surface area contributed by atoms with E-state index in [-0.39, 0.29) is 29.9 Å². The molecule has 154 valence electrons. The van der Waals surface area contributed by atoms with Crippen LogP contribution in [0.2, 0.25) is 0 Å². The first-order valence-corrected chi connectivity index (χ1v) is 9.38. The van der Waals surface area contributed by atoms with Gasteiger partial charge in [0.05, 0.1) is 6.26 Å². The zero-order valence-electron chi connectivity index (χ0n) is 17.1. The van der Waals surface area contributed by atoms with E-state index in [0.29, 0.717) is 18.8 Å². The molecule has 2 aromatic rings. The van der Waals surface area contributed by atoms with Crippen LogP contribution in [0.4, 0.5) is 0 Å². The minimum atomic E-state index is -0.176. The molecule has 1 aromatic carbocycles. The SMILES string of the molecule is CCNC(=NCCCNC(=O)c1occc1C)N(C)Cc1ccc(C)cc1.I. The van der Waals surface area contributed by atoms with Gasteiger partial charge in [0.15, 0.2) is 11.7 Å². The molecule has 1 aromatic heterocycles. The van der Waals surface area contributed by atoms with Gasteiger partial charge in [-0.1, -0.05) is 29.8 Å². The highest BCUT2D eigenvalue weighted by Crippen LogP contribution is 2.08. The number of hydrogen-bond acceptors (Lipinski definition) is 3. The van der Waals surface area contributed by atoms with Gasteiger partial charge in [0.25, 0.3) is 5.91 Å². The van der Waals surface area contributed by atoms with Gasteiger partial charge in [-0.05, 0) is 38.8 Å². The average Bonchev–Trinajstić information content (AvgIpc) is 3.08. The molecule has 0 aliphatic heterocycles. The largest absolute Gasteiger partial charge is 0.459 e. The second kappa shape index (κ2) is 12.4. The number of hydrogen-bond donors (Lipinski definition) is 2. The van der Waals surface area contributed by atoms with Gasteiger partial charge in [0.2, 0.25) is 0 Å². The third-order valence-electron chi connectivity index (χ3n) is 4.19. The lowest BCUT2D eigenvalue weighted by molar-refractivity contribution is 0.0925. The number of nitrogens with zero attached hydrogens (tertiary/aromatic N) is 2. The van der Waals surface area contributed by atoms with Crippen LogP contribution in [0.3, 0.4) is 0 Å². The maximum atomic E-state index is 12.0. The molecule has 0 fully saturated rings. The van der Waals surface area contributed by atoms with E-state index in [1.54, 1.807) is 6.07 Å². The quantitative estimate of drug-likeness (QED) is 0.252. The smallest absolute Gasteiger partial charge is 0.287 e. The van der Waals surface area contributed by atoms with Crippen molar-refractivity contribution in [1.29, 1.82) is 0 Å². The van der Waals surface area contributed by atoms with E-state index in [1.807, 2.05) is 14.0 Å². The number of rotatable bonds is 8. The Morgan fingerprint density at radius 3 is 2.46 bits per heavy atom. The summed E-state index contributed by atoms with van der Waals surface area (Å²) in [6, 6.07) is 10.3. The van der Waals surface area contributed by atoms with Gasteiger partial charge >= 0.3 is 0 Å². The number of carbonyl (C=O) groups is 1. The summed E-state index contributed by atoms with van der Waals surface area (Å²) in [5.74, 6) is 1.07. The number of carbonyl (C=O) groups excluding carboxylic acids is 1. The van der Waals surface area contributed by atoms with Crippen molar-refractivity contribution in [2.45, 2.75) is 33.7 Å². The highest BCUT2D eigenvalue weighted by molar-refractivity contribution is 14.0. The lowest BCUT2D eigenvalue weighted by atomic mass is 10.1. The molecule has 2 rings (SSSR count). The molecule has 28 heavy (non-hydrogen) atoms. The van der Waals surface area contributed by atoms with Crippen LogP contribution in [0.1, 0.15) is 40.6 Å². The zero-order chi connectivity index (χ0) is 19.6. The van der Waals surface area contributed by atoms with Crippen molar-refractivity contribution in [3.63, 3.8) is 0 Å². The standard InChI is InChI=1S/C21H30N4O2.HI/c1-5-22-21(25(4)15-18-9-7-16(2)8-10-18)24-13-6-12-23-20(26)19-17(3)11-14-27-19;/h7-11,14H,5-6,12-13,15H2,1-4H3,(H,22,24)(H,23,26);1H. The first kappa shape index (κ1) is 24.0. The van der Waals surface area contributed by atoms with Crippen molar-refractivity contribution >= 4 is 35.8 Å². The van der Waals surface area contributed by atoms with Crippen LogP contribution in [0.25, 0.3) is 0 Å². The Bertz CT molecular complexity index is 756. The summed E-state index contributed by atoms with van der Waals surface area (Å²) >= 11 is 0. The fourth-order valence-electron chi connectivity index (χ4n) is 2.66. The number of furan rings is 1. The first-order chi connectivity index (χ1) is 13.0. The van der Waals surface area contributed by atoms with Crippen LogP contribution in [0, 0.1) is 13.8 Å². The molecule has 0 bridgehead atoms. The molecule has 0 saturated carbocycles. The Labute approximate surface area is 184 Å². The van der Waals surface area contributed by atoms with E-state index >= 15 is 0 Å².